The minimum atomic E-state index is 0.0493. The summed E-state index contributed by atoms with van der Waals surface area (Å²) in [6.07, 6.45) is 5.34. The number of rotatable bonds is 1. The average molecular weight is 219 g/mol. The molecule has 16 heavy (non-hydrogen) atoms. The van der Waals surface area contributed by atoms with Gasteiger partial charge >= 0.3 is 0 Å². The number of benzene rings is 1. The van der Waals surface area contributed by atoms with Gasteiger partial charge in [-0.3, -0.25) is 0 Å². The van der Waals surface area contributed by atoms with Crippen LogP contribution in [0.1, 0.15) is 42.1 Å². The molecule has 1 aliphatic heterocycles. The molecule has 1 aliphatic carbocycles. The molecule has 1 saturated heterocycles. The van der Waals surface area contributed by atoms with Crippen LogP contribution in [0, 0.1) is 0 Å². The molecule has 0 radical (unpaired) electrons. The van der Waals surface area contributed by atoms with Gasteiger partial charge in [-0.25, -0.2) is 0 Å². The van der Waals surface area contributed by atoms with Gasteiger partial charge in [0.2, 0.25) is 0 Å². The van der Waals surface area contributed by atoms with Crippen LogP contribution >= 0.6 is 0 Å². The Hall–Kier alpha value is -1.22. The van der Waals surface area contributed by atoms with Crippen molar-refractivity contribution >= 4 is 5.69 Å². The van der Waals surface area contributed by atoms with Crippen LogP contribution in [0.5, 0.6) is 5.75 Å². The highest BCUT2D eigenvalue weighted by Crippen LogP contribution is 2.42. The normalized spacial score (nSPS) is 23.6. The summed E-state index contributed by atoms with van der Waals surface area (Å²) in [5.74, 6) is 0.257. The van der Waals surface area contributed by atoms with Gasteiger partial charge in [-0.05, 0) is 49.3 Å². The van der Waals surface area contributed by atoms with Gasteiger partial charge in [0.15, 0.2) is 0 Å². The molecule has 1 fully saturated rings. The number of nitrogen functional groups attached to an aromatic ring is 1. The summed E-state index contributed by atoms with van der Waals surface area (Å²) in [7, 11) is 0. The van der Waals surface area contributed by atoms with Crippen molar-refractivity contribution in [2.45, 2.75) is 38.2 Å². The van der Waals surface area contributed by atoms with Gasteiger partial charge in [0.05, 0.1) is 11.8 Å². The van der Waals surface area contributed by atoms with Crippen LogP contribution in [0.25, 0.3) is 0 Å². The fraction of sp³-hybridized carbons (Fsp3) is 0.538. The minimum absolute atomic E-state index is 0.0493. The number of phenolic OH excluding ortho intramolecular Hbond substituents is 1. The van der Waals surface area contributed by atoms with E-state index in [2.05, 4.69) is 6.07 Å². The molecule has 2 aliphatic rings. The molecule has 0 aromatic heterocycles. The monoisotopic (exact) mass is 219 g/mol. The van der Waals surface area contributed by atoms with E-state index in [1.165, 1.54) is 5.56 Å². The van der Waals surface area contributed by atoms with Crippen molar-refractivity contribution in [1.82, 2.24) is 0 Å². The molecule has 1 atom stereocenters. The Morgan fingerprint density at radius 2 is 2.19 bits per heavy atom. The highest BCUT2D eigenvalue weighted by molar-refractivity contribution is 5.66. The van der Waals surface area contributed by atoms with E-state index in [1.54, 1.807) is 0 Å². The SMILES string of the molecule is Nc1c(O)c(C2CCCO2)cc2c1CCC2. The number of hydrogen-bond donors (Lipinski definition) is 2. The van der Waals surface area contributed by atoms with Crippen LogP contribution < -0.4 is 5.73 Å². The molecular weight excluding hydrogens is 202 g/mol. The van der Waals surface area contributed by atoms with Crippen LogP contribution in [0.3, 0.4) is 0 Å². The summed E-state index contributed by atoms with van der Waals surface area (Å²) in [6, 6.07) is 2.10. The molecule has 3 N–H and O–H groups in total. The highest BCUT2D eigenvalue weighted by Gasteiger charge is 2.26. The molecule has 0 spiro atoms. The predicted octanol–water partition coefficient (Wildman–Crippen LogP) is 2.31. The Balaban J connectivity index is 2.08. The smallest absolute Gasteiger partial charge is 0.144 e. The first-order valence-corrected chi connectivity index (χ1v) is 6.02. The van der Waals surface area contributed by atoms with Crippen molar-refractivity contribution in [1.29, 1.82) is 0 Å². The number of aryl methyl sites for hydroxylation is 1. The molecule has 1 unspecified atom stereocenters. The Labute approximate surface area is 95.2 Å². The third-order valence-electron chi connectivity index (χ3n) is 3.72. The number of phenols is 1. The minimum Gasteiger partial charge on any atom is -0.505 e. The third kappa shape index (κ3) is 1.39. The maximum Gasteiger partial charge on any atom is 0.144 e. The number of ether oxygens (including phenoxy) is 1. The Bertz CT molecular complexity index is 422. The fourth-order valence-electron chi connectivity index (χ4n) is 2.86. The lowest BCUT2D eigenvalue weighted by atomic mass is 9.98. The Morgan fingerprint density at radius 3 is 2.94 bits per heavy atom. The van der Waals surface area contributed by atoms with Crippen molar-refractivity contribution in [3.05, 3.63) is 22.8 Å². The zero-order valence-corrected chi connectivity index (χ0v) is 9.33. The molecule has 0 saturated carbocycles. The van der Waals surface area contributed by atoms with Crippen LogP contribution in [0.15, 0.2) is 6.07 Å². The van der Waals surface area contributed by atoms with Gasteiger partial charge in [-0.15, -0.1) is 0 Å². The summed E-state index contributed by atoms with van der Waals surface area (Å²) in [4.78, 5) is 0. The Kier molecular flexibility index (Phi) is 2.28. The average Bonchev–Trinajstić information content (AvgIpc) is 2.92. The van der Waals surface area contributed by atoms with Gasteiger partial charge < -0.3 is 15.6 Å². The third-order valence-corrected chi connectivity index (χ3v) is 3.72. The number of nitrogens with two attached hydrogens (primary N) is 1. The molecule has 3 rings (SSSR count). The summed E-state index contributed by atoms with van der Waals surface area (Å²) in [5.41, 5.74) is 9.94. The number of hydrogen-bond acceptors (Lipinski definition) is 3. The van der Waals surface area contributed by atoms with Crippen molar-refractivity contribution < 1.29 is 9.84 Å². The summed E-state index contributed by atoms with van der Waals surface area (Å²) < 4.78 is 5.62. The second-order valence-electron chi connectivity index (χ2n) is 4.72. The second-order valence-corrected chi connectivity index (χ2v) is 4.72. The lowest BCUT2D eigenvalue weighted by Crippen LogP contribution is -2.02. The molecule has 86 valence electrons. The van der Waals surface area contributed by atoms with E-state index in [4.69, 9.17) is 10.5 Å². The standard InChI is InChI=1S/C13H17NO2/c14-12-9-4-1-3-8(9)7-10(13(12)15)11-5-2-6-16-11/h7,11,15H,1-6,14H2. The molecule has 0 bridgehead atoms. The molecule has 1 aromatic rings. The van der Waals surface area contributed by atoms with E-state index < -0.39 is 0 Å². The zero-order valence-electron chi connectivity index (χ0n) is 9.33. The summed E-state index contributed by atoms with van der Waals surface area (Å²) >= 11 is 0. The fourth-order valence-corrected chi connectivity index (χ4v) is 2.86. The van der Waals surface area contributed by atoms with E-state index >= 15 is 0 Å². The van der Waals surface area contributed by atoms with Crippen molar-refractivity contribution in [2.75, 3.05) is 12.3 Å². The maximum atomic E-state index is 10.1. The van der Waals surface area contributed by atoms with Gasteiger partial charge in [-0.1, -0.05) is 0 Å². The first kappa shape index (κ1) is 9.97. The van der Waals surface area contributed by atoms with E-state index in [9.17, 15) is 5.11 Å². The van der Waals surface area contributed by atoms with Crippen molar-refractivity contribution in [3.8, 4) is 5.75 Å². The van der Waals surface area contributed by atoms with Crippen LogP contribution in [0.2, 0.25) is 0 Å². The van der Waals surface area contributed by atoms with E-state index in [0.29, 0.717) is 5.69 Å². The zero-order chi connectivity index (χ0) is 11.1. The number of anilines is 1. The highest BCUT2D eigenvalue weighted by atomic mass is 16.5. The molecule has 3 nitrogen and oxygen atoms in total. The van der Waals surface area contributed by atoms with E-state index in [1.807, 2.05) is 0 Å². The molecule has 3 heteroatoms. The van der Waals surface area contributed by atoms with Gasteiger partial charge in [0.1, 0.15) is 5.75 Å². The predicted molar refractivity (Wildman–Crippen MR) is 62.5 cm³/mol. The van der Waals surface area contributed by atoms with Crippen LogP contribution in [0.4, 0.5) is 5.69 Å². The maximum absolute atomic E-state index is 10.1. The van der Waals surface area contributed by atoms with Crippen molar-refractivity contribution in [3.63, 3.8) is 0 Å². The van der Waals surface area contributed by atoms with Gasteiger partial charge in [0, 0.05) is 12.2 Å². The lowest BCUT2D eigenvalue weighted by Gasteiger charge is -2.16. The molecule has 1 aromatic carbocycles. The first-order valence-electron chi connectivity index (χ1n) is 6.02. The van der Waals surface area contributed by atoms with Crippen LogP contribution in [-0.4, -0.2) is 11.7 Å². The first-order chi connectivity index (χ1) is 7.77. The number of fused-ring (bicyclic) bond motifs is 1. The van der Waals surface area contributed by atoms with Crippen LogP contribution in [-0.2, 0) is 17.6 Å². The van der Waals surface area contributed by atoms with E-state index in [-0.39, 0.29) is 11.9 Å². The molecule has 1 heterocycles. The Morgan fingerprint density at radius 1 is 1.31 bits per heavy atom. The lowest BCUT2D eigenvalue weighted by molar-refractivity contribution is 0.110. The summed E-state index contributed by atoms with van der Waals surface area (Å²) in [6.45, 7) is 0.793. The topological polar surface area (TPSA) is 55.5 Å². The van der Waals surface area contributed by atoms with Gasteiger partial charge in [0.25, 0.3) is 0 Å². The molecule has 0 amide bonds. The molecular formula is C13H17NO2. The number of aromatic hydroxyl groups is 1. The summed E-state index contributed by atoms with van der Waals surface area (Å²) in [5, 5.41) is 10.1. The van der Waals surface area contributed by atoms with E-state index in [0.717, 1.165) is 49.8 Å². The van der Waals surface area contributed by atoms with Crippen molar-refractivity contribution in [2.24, 2.45) is 0 Å². The van der Waals surface area contributed by atoms with Gasteiger partial charge in [-0.2, -0.15) is 0 Å². The quantitative estimate of drug-likeness (QED) is 0.563. The second kappa shape index (κ2) is 3.67. The largest absolute Gasteiger partial charge is 0.505 e.